The van der Waals surface area contributed by atoms with Gasteiger partial charge in [0, 0.05) is 30.4 Å². The molecule has 1 aliphatic heterocycles. The fourth-order valence-corrected chi connectivity index (χ4v) is 2.69. The van der Waals surface area contributed by atoms with Gasteiger partial charge in [-0.15, -0.1) is 0 Å². The summed E-state index contributed by atoms with van der Waals surface area (Å²) in [5, 5.41) is 3.64. The van der Waals surface area contributed by atoms with E-state index >= 15 is 0 Å². The Balaban J connectivity index is 2.29. The van der Waals surface area contributed by atoms with Gasteiger partial charge in [0.25, 0.3) is 0 Å². The zero-order valence-electron chi connectivity index (χ0n) is 12.4. The minimum absolute atomic E-state index is 0.199. The lowest BCUT2D eigenvalue weighted by molar-refractivity contribution is 0.306. The van der Waals surface area contributed by atoms with Crippen LogP contribution in [-0.4, -0.2) is 24.7 Å². The second kappa shape index (κ2) is 4.93. The van der Waals surface area contributed by atoms with Crippen LogP contribution < -0.4 is 10.2 Å². The first-order chi connectivity index (χ1) is 8.43. The third kappa shape index (κ3) is 2.69. The smallest absolute Gasteiger partial charge is 0.0412 e. The first-order valence-corrected chi connectivity index (χ1v) is 7.02. The molecule has 2 heteroatoms. The highest BCUT2D eigenvalue weighted by Crippen LogP contribution is 2.26. The third-order valence-corrected chi connectivity index (χ3v) is 4.12. The summed E-state index contributed by atoms with van der Waals surface area (Å²) < 4.78 is 0. The van der Waals surface area contributed by atoms with Crippen LogP contribution in [0.2, 0.25) is 0 Å². The van der Waals surface area contributed by atoms with Crippen molar-refractivity contribution >= 4 is 5.69 Å². The average molecular weight is 246 g/mol. The number of nitrogens with one attached hydrogen (secondary N) is 1. The Hall–Kier alpha value is -1.02. The Morgan fingerprint density at radius 3 is 2.61 bits per heavy atom. The normalized spacial score (nSPS) is 23.2. The molecule has 0 saturated carbocycles. The molecule has 1 N–H and O–H groups in total. The molecule has 2 rings (SSSR count). The Morgan fingerprint density at radius 2 is 2.00 bits per heavy atom. The quantitative estimate of drug-likeness (QED) is 0.861. The van der Waals surface area contributed by atoms with Crippen LogP contribution in [0.15, 0.2) is 18.2 Å². The van der Waals surface area contributed by atoms with Gasteiger partial charge in [0.15, 0.2) is 0 Å². The largest absolute Gasteiger partial charge is 0.365 e. The lowest BCUT2D eigenvalue weighted by Crippen LogP contribution is -2.61. The predicted octanol–water partition coefficient (Wildman–Crippen LogP) is 3.27. The molecule has 1 atom stereocenters. The molecule has 1 aromatic rings. The SMILES string of the molecule is CCC1CNC(C)(C)CN1c1ccc(C)c(C)c1. The molecular formula is C16H26N2. The van der Waals surface area contributed by atoms with E-state index in [1.165, 1.54) is 23.2 Å². The van der Waals surface area contributed by atoms with Crippen LogP contribution >= 0.6 is 0 Å². The molecule has 1 saturated heterocycles. The van der Waals surface area contributed by atoms with Crippen molar-refractivity contribution in [3.8, 4) is 0 Å². The van der Waals surface area contributed by atoms with Crippen LogP contribution in [0.4, 0.5) is 5.69 Å². The monoisotopic (exact) mass is 246 g/mol. The Morgan fingerprint density at radius 1 is 1.28 bits per heavy atom. The Labute approximate surface area is 111 Å². The van der Waals surface area contributed by atoms with Gasteiger partial charge in [-0.05, 0) is 57.4 Å². The second-order valence-corrected chi connectivity index (χ2v) is 6.22. The molecule has 0 bridgehead atoms. The van der Waals surface area contributed by atoms with Crippen LogP contribution in [0, 0.1) is 13.8 Å². The molecule has 1 unspecified atom stereocenters. The lowest BCUT2D eigenvalue weighted by atomic mass is 9.96. The van der Waals surface area contributed by atoms with E-state index in [4.69, 9.17) is 0 Å². The van der Waals surface area contributed by atoms with Crippen molar-refractivity contribution in [2.75, 3.05) is 18.0 Å². The molecule has 0 aromatic heterocycles. The predicted molar refractivity (Wildman–Crippen MR) is 79.4 cm³/mol. The van der Waals surface area contributed by atoms with Crippen LogP contribution in [-0.2, 0) is 0 Å². The van der Waals surface area contributed by atoms with Crippen molar-refractivity contribution in [2.24, 2.45) is 0 Å². The average Bonchev–Trinajstić information content (AvgIpc) is 2.32. The van der Waals surface area contributed by atoms with Gasteiger partial charge in [-0.1, -0.05) is 13.0 Å². The van der Waals surface area contributed by atoms with E-state index < -0.39 is 0 Å². The maximum atomic E-state index is 3.64. The standard InChI is InChI=1S/C16H26N2/c1-6-14-10-17-16(4,5)11-18(14)15-8-7-12(2)13(3)9-15/h7-9,14,17H,6,10-11H2,1-5H3. The van der Waals surface area contributed by atoms with Crippen molar-refractivity contribution in [3.05, 3.63) is 29.3 Å². The van der Waals surface area contributed by atoms with Gasteiger partial charge >= 0.3 is 0 Å². The number of nitrogens with zero attached hydrogens (tertiary/aromatic N) is 1. The summed E-state index contributed by atoms with van der Waals surface area (Å²) in [7, 11) is 0. The molecule has 100 valence electrons. The number of hydrogen-bond acceptors (Lipinski definition) is 2. The third-order valence-electron chi connectivity index (χ3n) is 4.12. The van der Waals surface area contributed by atoms with Crippen LogP contribution in [0.3, 0.4) is 0 Å². The van der Waals surface area contributed by atoms with Gasteiger partial charge < -0.3 is 10.2 Å². The Kier molecular flexibility index (Phi) is 3.67. The number of aryl methyl sites for hydroxylation is 2. The van der Waals surface area contributed by atoms with Gasteiger partial charge in [0.2, 0.25) is 0 Å². The molecule has 0 spiro atoms. The van der Waals surface area contributed by atoms with Crippen molar-refractivity contribution in [1.82, 2.24) is 5.32 Å². The molecule has 1 heterocycles. The van der Waals surface area contributed by atoms with Crippen molar-refractivity contribution in [1.29, 1.82) is 0 Å². The summed E-state index contributed by atoms with van der Waals surface area (Å²) in [5.41, 5.74) is 4.34. The molecule has 1 aromatic carbocycles. The lowest BCUT2D eigenvalue weighted by Gasteiger charge is -2.46. The zero-order chi connectivity index (χ0) is 13.3. The van der Waals surface area contributed by atoms with E-state index in [1.807, 2.05) is 0 Å². The van der Waals surface area contributed by atoms with E-state index in [-0.39, 0.29) is 5.54 Å². The summed E-state index contributed by atoms with van der Waals surface area (Å²) >= 11 is 0. The van der Waals surface area contributed by atoms with E-state index in [0.717, 1.165) is 13.1 Å². The molecule has 1 aliphatic rings. The van der Waals surface area contributed by atoms with E-state index in [2.05, 4.69) is 63.0 Å². The summed E-state index contributed by atoms with van der Waals surface area (Å²) in [6.45, 7) is 13.4. The van der Waals surface area contributed by atoms with Crippen molar-refractivity contribution in [2.45, 2.75) is 52.6 Å². The Bertz CT molecular complexity index is 423. The summed E-state index contributed by atoms with van der Waals surface area (Å²) in [6.07, 6.45) is 1.19. The van der Waals surface area contributed by atoms with E-state index in [1.54, 1.807) is 0 Å². The van der Waals surface area contributed by atoms with Crippen molar-refractivity contribution in [3.63, 3.8) is 0 Å². The number of rotatable bonds is 2. The number of benzene rings is 1. The number of piperazine rings is 1. The first-order valence-electron chi connectivity index (χ1n) is 7.02. The fraction of sp³-hybridized carbons (Fsp3) is 0.625. The first kappa shape index (κ1) is 13.4. The maximum Gasteiger partial charge on any atom is 0.0412 e. The molecule has 1 fully saturated rings. The van der Waals surface area contributed by atoms with Crippen LogP contribution in [0.25, 0.3) is 0 Å². The molecular weight excluding hydrogens is 220 g/mol. The van der Waals surface area contributed by atoms with Crippen molar-refractivity contribution < 1.29 is 0 Å². The van der Waals surface area contributed by atoms with E-state index in [9.17, 15) is 0 Å². The summed E-state index contributed by atoms with van der Waals surface area (Å²) in [5.74, 6) is 0. The highest BCUT2D eigenvalue weighted by Gasteiger charge is 2.31. The van der Waals surface area contributed by atoms with E-state index in [0.29, 0.717) is 6.04 Å². The van der Waals surface area contributed by atoms with Gasteiger partial charge in [-0.2, -0.15) is 0 Å². The highest BCUT2D eigenvalue weighted by molar-refractivity contribution is 5.52. The maximum absolute atomic E-state index is 3.64. The van der Waals surface area contributed by atoms with Crippen LogP contribution in [0.5, 0.6) is 0 Å². The fourth-order valence-electron chi connectivity index (χ4n) is 2.69. The van der Waals surface area contributed by atoms with Gasteiger partial charge in [-0.25, -0.2) is 0 Å². The summed E-state index contributed by atoms with van der Waals surface area (Å²) in [6, 6.07) is 7.46. The second-order valence-electron chi connectivity index (χ2n) is 6.22. The number of hydrogen-bond donors (Lipinski definition) is 1. The minimum Gasteiger partial charge on any atom is -0.365 e. The molecule has 0 aliphatic carbocycles. The minimum atomic E-state index is 0.199. The molecule has 0 radical (unpaired) electrons. The topological polar surface area (TPSA) is 15.3 Å². The highest BCUT2D eigenvalue weighted by atomic mass is 15.2. The number of anilines is 1. The molecule has 2 nitrogen and oxygen atoms in total. The molecule has 18 heavy (non-hydrogen) atoms. The zero-order valence-corrected chi connectivity index (χ0v) is 12.4. The van der Waals surface area contributed by atoms with Gasteiger partial charge in [0.1, 0.15) is 0 Å². The molecule has 0 amide bonds. The van der Waals surface area contributed by atoms with Crippen LogP contribution in [0.1, 0.15) is 38.3 Å². The van der Waals surface area contributed by atoms with Gasteiger partial charge in [-0.3, -0.25) is 0 Å². The summed E-state index contributed by atoms with van der Waals surface area (Å²) in [4.78, 5) is 2.57. The van der Waals surface area contributed by atoms with Gasteiger partial charge in [0.05, 0.1) is 0 Å².